The number of carbonyl (C=O) groups is 3. The highest BCUT2D eigenvalue weighted by molar-refractivity contribution is 6.33. The Labute approximate surface area is 241 Å². The van der Waals surface area contributed by atoms with E-state index in [1.54, 1.807) is 19.9 Å². The molecule has 0 amide bonds. The molecule has 0 heterocycles. The number of aliphatic hydroxyl groups is 2. The van der Waals surface area contributed by atoms with Gasteiger partial charge in [-0.25, -0.2) is 0 Å². The maximum atomic E-state index is 14.4. The number of hydrogen-bond acceptors (Lipinski definition) is 6. The summed E-state index contributed by atoms with van der Waals surface area (Å²) in [4.78, 5) is 41.0. The van der Waals surface area contributed by atoms with E-state index in [-0.39, 0.29) is 34.8 Å². The van der Waals surface area contributed by atoms with Crippen LogP contribution in [0.25, 0.3) is 17.9 Å². The second-order valence-corrected chi connectivity index (χ2v) is 13.0. The van der Waals surface area contributed by atoms with Crippen LogP contribution in [0.2, 0.25) is 0 Å². The van der Waals surface area contributed by atoms with E-state index in [1.165, 1.54) is 13.0 Å². The van der Waals surface area contributed by atoms with Crippen LogP contribution >= 0.6 is 0 Å². The Kier molecular flexibility index (Phi) is 6.58. The summed E-state index contributed by atoms with van der Waals surface area (Å²) >= 11 is 0. The van der Waals surface area contributed by atoms with Crippen molar-refractivity contribution in [2.75, 3.05) is 0 Å². The van der Waals surface area contributed by atoms with Crippen molar-refractivity contribution in [3.63, 3.8) is 0 Å². The van der Waals surface area contributed by atoms with Gasteiger partial charge in [-0.2, -0.15) is 0 Å². The zero-order chi connectivity index (χ0) is 30.2. The summed E-state index contributed by atoms with van der Waals surface area (Å²) in [7, 11) is 0. The fraction of sp³-hybridized carbons (Fsp3) is 0.400. The number of carbonyl (C=O) groups excluding carboxylic acids is 3. The zero-order valence-corrected chi connectivity index (χ0v) is 24.8. The molecule has 0 aliphatic heterocycles. The van der Waals surface area contributed by atoms with Gasteiger partial charge in [-0.05, 0) is 68.2 Å². The molecule has 0 aromatic heterocycles. The normalized spacial score (nSPS) is 29.6. The fourth-order valence-corrected chi connectivity index (χ4v) is 8.29. The molecule has 214 valence electrons. The Hall–Kier alpha value is -3.77. The molecule has 2 aromatic rings. The minimum atomic E-state index is -2.53. The summed E-state index contributed by atoms with van der Waals surface area (Å²) < 4.78 is 0. The van der Waals surface area contributed by atoms with E-state index >= 15 is 0 Å². The second-order valence-electron chi connectivity index (χ2n) is 13.0. The standard InChI is InChI=1S/C35H38O6/c1-18(2)28-20(4)26(21(5)36)31(39)35(41)32(40)29-30(38)27-24(16-33(29,6)17-34(28,35)7)23(14-15-25(27)37)13-12-22-10-8-19(3)9-11-22/h8-15,18,28,37-38,41H,16-17H2,1-7H3/b13-12+/t28-,33+,34+,35-/m1/s1. The largest absolute Gasteiger partial charge is 0.507 e. The second kappa shape index (κ2) is 9.38. The van der Waals surface area contributed by atoms with Gasteiger partial charge in [0, 0.05) is 16.4 Å². The number of aliphatic hydroxyl groups excluding tert-OH is 1. The van der Waals surface area contributed by atoms with Crippen molar-refractivity contribution in [3.8, 4) is 5.75 Å². The van der Waals surface area contributed by atoms with Gasteiger partial charge < -0.3 is 15.3 Å². The van der Waals surface area contributed by atoms with Crippen LogP contribution in [-0.2, 0) is 20.8 Å². The highest BCUT2D eigenvalue weighted by atomic mass is 16.3. The predicted octanol–water partition coefficient (Wildman–Crippen LogP) is 6.17. The SMILES string of the molecule is CC(=O)C1=C(C)[C@@H](C(C)C)[C@]2(C)C[C@]3(C)Cc4c(/C=C/c5ccc(C)cc5)ccc(O)c4C(O)=C3C(=O)[C@]2(O)C1=O. The van der Waals surface area contributed by atoms with Gasteiger partial charge in [-0.15, -0.1) is 0 Å². The molecule has 1 saturated carbocycles. The molecule has 0 bridgehead atoms. The molecule has 0 radical (unpaired) electrons. The highest BCUT2D eigenvalue weighted by Crippen LogP contribution is 2.65. The minimum absolute atomic E-state index is 0.0711. The van der Waals surface area contributed by atoms with Crippen molar-refractivity contribution >= 4 is 35.3 Å². The third-order valence-corrected chi connectivity index (χ3v) is 9.77. The van der Waals surface area contributed by atoms with Crippen LogP contribution in [0.4, 0.5) is 0 Å². The quantitative estimate of drug-likeness (QED) is 0.237. The number of ketones is 3. The lowest BCUT2D eigenvalue weighted by atomic mass is 9.42. The van der Waals surface area contributed by atoms with E-state index in [0.29, 0.717) is 17.6 Å². The van der Waals surface area contributed by atoms with Gasteiger partial charge in [0.15, 0.2) is 11.4 Å². The number of phenols is 1. The van der Waals surface area contributed by atoms with Crippen LogP contribution in [0, 0.1) is 29.6 Å². The van der Waals surface area contributed by atoms with E-state index in [2.05, 4.69) is 0 Å². The number of aryl methyl sites for hydroxylation is 1. The Balaban J connectivity index is 1.73. The maximum absolute atomic E-state index is 14.4. The molecule has 0 spiro atoms. The van der Waals surface area contributed by atoms with Crippen LogP contribution < -0.4 is 0 Å². The van der Waals surface area contributed by atoms with E-state index < -0.39 is 45.5 Å². The lowest BCUT2D eigenvalue weighted by Crippen LogP contribution is -2.70. The molecule has 3 aliphatic rings. The van der Waals surface area contributed by atoms with Crippen LogP contribution in [-0.4, -0.2) is 38.3 Å². The summed E-state index contributed by atoms with van der Waals surface area (Å²) in [6.45, 7) is 12.6. The van der Waals surface area contributed by atoms with Crippen LogP contribution in [0.15, 0.2) is 53.1 Å². The molecule has 0 saturated heterocycles. The summed E-state index contributed by atoms with van der Waals surface area (Å²) in [6.07, 6.45) is 4.42. The number of hydrogen-bond donors (Lipinski definition) is 3. The molecule has 5 rings (SSSR count). The van der Waals surface area contributed by atoms with Gasteiger partial charge in [0.05, 0.1) is 11.1 Å². The van der Waals surface area contributed by atoms with Crippen molar-refractivity contribution in [2.45, 2.75) is 66.9 Å². The molecule has 3 N–H and O–H groups in total. The van der Waals surface area contributed by atoms with Crippen LogP contribution in [0.5, 0.6) is 5.75 Å². The Morgan fingerprint density at radius 3 is 2.20 bits per heavy atom. The first-order chi connectivity index (χ1) is 19.1. The monoisotopic (exact) mass is 554 g/mol. The van der Waals surface area contributed by atoms with E-state index in [4.69, 9.17) is 0 Å². The fourth-order valence-electron chi connectivity index (χ4n) is 8.29. The minimum Gasteiger partial charge on any atom is -0.507 e. The number of benzene rings is 2. The predicted molar refractivity (Wildman–Crippen MR) is 159 cm³/mol. The average molecular weight is 555 g/mol. The summed E-state index contributed by atoms with van der Waals surface area (Å²) in [5.74, 6) is -3.43. The van der Waals surface area contributed by atoms with Gasteiger partial charge in [-0.3, -0.25) is 14.4 Å². The summed E-state index contributed by atoms with van der Waals surface area (Å²) in [5.41, 5.74) is -0.564. The molecular weight excluding hydrogens is 516 g/mol. The van der Waals surface area contributed by atoms with E-state index in [9.17, 15) is 29.7 Å². The van der Waals surface area contributed by atoms with Gasteiger partial charge in [0.1, 0.15) is 11.5 Å². The first kappa shape index (κ1) is 28.7. The molecule has 6 nitrogen and oxygen atoms in total. The highest BCUT2D eigenvalue weighted by Gasteiger charge is 2.71. The number of allylic oxidation sites excluding steroid dienone is 1. The van der Waals surface area contributed by atoms with Crippen molar-refractivity contribution in [2.24, 2.45) is 22.7 Å². The zero-order valence-electron chi connectivity index (χ0n) is 24.8. The van der Waals surface area contributed by atoms with Gasteiger partial charge in [-0.1, -0.05) is 81.3 Å². The first-order valence-electron chi connectivity index (χ1n) is 14.2. The van der Waals surface area contributed by atoms with Gasteiger partial charge in [0.25, 0.3) is 0 Å². The molecule has 2 aromatic carbocycles. The van der Waals surface area contributed by atoms with E-state index in [0.717, 1.165) is 16.7 Å². The maximum Gasteiger partial charge on any atom is 0.206 e. The Morgan fingerprint density at radius 2 is 1.61 bits per heavy atom. The molecule has 3 aliphatic carbocycles. The molecule has 1 fully saturated rings. The van der Waals surface area contributed by atoms with E-state index in [1.807, 2.05) is 64.1 Å². The van der Waals surface area contributed by atoms with Crippen molar-refractivity contribution in [1.82, 2.24) is 0 Å². The molecule has 6 heteroatoms. The third-order valence-electron chi connectivity index (χ3n) is 9.77. The van der Waals surface area contributed by atoms with Gasteiger partial charge in [0.2, 0.25) is 11.6 Å². The van der Waals surface area contributed by atoms with Crippen molar-refractivity contribution in [3.05, 3.63) is 80.9 Å². The van der Waals surface area contributed by atoms with Gasteiger partial charge >= 0.3 is 0 Å². The van der Waals surface area contributed by atoms with Crippen molar-refractivity contribution < 1.29 is 29.7 Å². The van der Waals surface area contributed by atoms with Crippen molar-refractivity contribution in [1.29, 1.82) is 0 Å². The molecular formula is C35H38O6. The third kappa shape index (κ3) is 3.91. The topological polar surface area (TPSA) is 112 Å². The number of rotatable bonds is 4. The average Bonchev–Trinajstić information content (AvgIpc) is 2.86. The van der Waals surface area contributed by atoms with Crippen LogP contribution in [0.3, 0.4) is 0 Å². The molecule has 4 atom stereocenters. The first-order valence-corrected chi connectivity index (χ1v) is 14.2. The van der Waals surface area contributed by atoms with Crippen LogP contribution in [0.1, 0.15) is 75.8 Å². The lowest BCUT2D eigenvalue weighted by Gasteiger charge is -2.60. The number of aromatic hydroxyl groups is 1. The Morgan fingerprint density at radius 1 is 0.976 bits per heavy atom. The number of Topliss-reactive ketones (excluding diaryl/α,β-unsaturated/α-hetero) is 3. The lowest BCUT2D eigenvalue weighted by molar-refractivity contribution is -0.180. The molecule has 0 unspecified atom stereocenters. The number of phenolic OH excluding ortho intramolecular Hbond substituents is 1. The smallest absolute Gasteiger partial charge is 0.206 e. The molecule has 41 heavy (non-hydrogen) atoms. The summed E-state index contributed by atoms with van der Waals surface area (Å²) in [5, 5.41) is 34.8. The Bertz CT molecular complexity index is 1600. The number of fused-ring (bicyclic) bond motifs is 3. The summed E-state index contributed by atoms with van der Waals surface area (Å²) in [6, 6.07) is 11.3.